The van der Waals surface area contributed by atoms with Crippen LogP contribution in [0.2, 0.25) is 0 Å². The molecule has 0 aromatic rings. The fraction of sp³-hybridized carbons (Fsp3) is 0.882. The van der Waals surface area contributed by atoms with Crippen molar-refractivity contribution in [3.63, 3.8) is 0 Å². The van der Waals surface area contributed by atoms with E-state index in [2.05, 4.69) is 31.4 Å². The van der Waals surface area contributed by atoms with Gasteiger partial charge in [-0.3, -0.25) is 14.4 Å². The number of amides is 2. The molecule has 5 aliphatic carbocycles. The third kappa shape index (κ3) is 5.05. The predicted octanol–water partition coefficient (Wildman–Crippen LogP) is 5.45. The minimum atomic E-state index is -0.624. The van der Waals surface area contributed by atoms with Crippen molar-refractivity contribution in [1.82, 2.24) is 10.6 Å². The molecule has 0 spiro atoms. The molecule has 2 amide bonds. The molecule has 0 bridgehead atoms. The van der Waals surface area contributed by atoms with Gasteiger partial charge in [0.05, 0.1) is 12.5 Å². The van der Waals surface area contributed by atoms with Crippen molar-refractivity contribution < 1.29 is 23.9 Å². The van der Waals surface area contributed by atoms with Crippen molar-refractivity contribution in [3.05, 3.63) is 0 Å². The summed E-state index contributed by atoms with van der Waals surface area (Å²) in [6, 6.07) is 0.181. The maximum absolute atomic E-state index is 13.6. The van der Waals surface area contributed by atoms with Crippen LogP contribution in [0.25, 0.3) is 0 Å². The Morgan fingerprint density at radius 2 is 1.59 bits per heavy atom. The van der Waals surface area contributed by atoms with Gasteiger partial charge in [0.1, 0.15) is 12.8 Å². The van der Waals surface area contributed by atoms with Gasteiger partial charge in [0.15, 0.2) is 0 Å². The lowest BCUT2D eigenvalue weighted by atomic mass is 9.37. The molecule has 0 aromatic heterocycles. The molecule has 0 radical (unpaired) electrons. The highest BCUT2D eigenvalue weighted by atomic mass is 16.5. The zero-order chi connectivity index (χ0) is 29.8. The number of carbonyl (C=O) groups is 4. The lowest BCUT2D eigenvalue weighted by molar-refractivity contribution is -0.188. The molecule has 230 valence electrons. The summed E-state index contributed by atoms with van der Waals surface area (Å²) in [6.07, 6.45) is 13.4. The molecule has 0 aliphatic heterocycles. The Hall–Kier alpha value is -1.92. The topological polar surface area (TPSA) is 102 Å². The highest BCUT2D eigenvalue weighted by Gasteiger charge is 2.65. The fourth-order valence-corrected chi connectivity index (χ4v) is 11.6. The second-order valence-electron chi connectivity index (χ2n) is 15.9. The van der Waals surface area contributed by atoms with Crippen LogP contribution in [0.15, 0.2) is 0 Å². The number of hydrogen-bond acceptors (Lipinski definition) is 5. The maximum atomic E-state index is 13.6. The number of ether oxygens (including phenoxy) is 1. The molecular weight excluding hydrogens is 516 g/mol. The lowest BCUT2D eigenvalue weighted by Crippen LogP contribution is -2.63. The predicted molar refractivity (Wildman–Crippen MR) is 157 cm³/mol. The van der Waals surface area contributed by atoms with E-state index in [1.165, 1.54) is 32.8 Å². The molecule has 41 heavy (non-hydrogen) atoms. The van der Waals surface area contributed by atoms with Crippen LogP contribution in [-0.4, -0.2) is 43.8 Å². The molecule has 5 fully saturated rings. The molecule has 10 atom stereocenters. The minimum absolute atomic E-state index is 0.00147. The molecular formula is C34H54N2O5. The summed E-state index contributed by atoms with van der Waals surface area (Å²) >= 11 is 0. The van der Waals surface area contributed by atoms with Crippen LogP contribution in [-0.2, 0) is 23.9 Å². The van der Waals surface area contributed by atoms with Gasteiger partial charge in [0, 0.05) is 17.9 Å². The Labute approximate surface area is 247 Å². The van der Waals surface area contributed by atoms with Crippen molar-refractivity contribution in [1.29, 1.82) is 0 Å². The number of hydrogen-bond donors (Lipinski definition) is 2. The summed E-state index contributed by atoms with van der Waals surface area (Å²) in [5.74, 6) is 3.05. The Kier molecular flexibility index (Phi) is 8.17. The number of fused-ring (bicyclic) bond motifs is 7. The molecule has 5 saturated carbocycles. The Balaban J connectivity index is 1.30. The molecule has 5 aliphatic rings. The van der Waals surface area contributed by atoms with Gasteiger partial charge in [-0.2, -0.15) is 0 Å². The number of rotatable bonds is 7. The van der Waals surface area contributed by atoms with Crippen LogP contribution in [0.5, 0.6) is 0 Å². The van der Waals surface area contributed by atoms with Crippen molar-refractivity contribution in [2.75, 3.05) is 13.7 Å². The Bertz CT molecular complexity index is 1060. The van der Waals surface area contributed by atoms with E-state index in [4.69, 9.17) is 4.74 Å². The van der Waals surface area contributed by atoms with Gasteiger partial charge in [0.25, 0.3) is 0 Å². The third-order valence-electron chi connectivity index (χ3n) is 13.5. The standard InChI is InChI=1S/C34H54N2O5/c1-21-23-11-15-33(5)24-12-17-34(30(40)35-19-29(39)41-6)14-7-8-25(34)22(24)9-10-27(33)32(23,4)16-13-26(21)36-28(38)18-31(2,3)20-37/h20-27H,7-19H2,1-6H3,(H,35,40)(H,36,38). The van der Waals surface area contributed by atoms with Crippen LogP contribution in [0.3, 0.4) is 0 Å². The fourth-order valence-electron chi connectivity index (χ4n) is 11.6. The molecule has 7 nitrogen and oxygen atoms in total. The third-order valence-corrected chi connectivity index (χ3v) is 13.5. The lowest BCUT2D eigenvalue weighted by Gasteiger charge is -2.67. The van der Waals surface area contributed by atoms with Gasteiger partial charge >= 0.3 is 5.97 Å². The Morgan fingerprint density at radius 3 is 2.29 bits per heavy atom. The minimum Gasteiger partial charge on any atom is -0.468 e. The van der Waals surface area contributed by atoms with E-state index in [9.17, 15) is 19.2 Å². The second-order valence-corrected chi connectivity index (χ2v) is 15.9. The molecule has 0 heterocycles. The SMILES string of the molecule is COC(=O)CNC(=O)C12CCCC1C1CCC3C4(C)CCC(NC(=O)CC(C)(C)C=O)C(C)C4CCC3(C)C1CC2. The summed E-state index contributed by atoms with van der Waals surface area (Å²) in [7, 11) is 1.37. The van der Waals surface area contributed by atoms with Crippen LogP contribution < -0.4 is 10.6 Å². The van der Waals surface area contributed by atoms with E-state index in [0.29, 0.717) is 35.5 Å². The average molecular weight is 571 g/mol. The zero-order valence-electron chi connectivity index (χ0n) is 26.4. The highest BCUT2D eigenvalue weighted by Crippen LogP contribution is 2.71. The van der Waals surface area contributed by atoms with Gasteiger partial charge in [-0.05, 0) is 111 Å². The molecule has 2 N–H and O–H groups in total. The summed E-state index contributed by atoms with van der Waals surface area (Å²) in [6.45, 7) is 11.1. The van der Waals surface area contributed by atoms with Crippen molar-refractivity contribution in [3.8, 4) is 0 Å². The van der Waals surface area contributed by atoms with Crippen molar-refractivity contribution >= 4 is 24.1 Å². The van der Waals surface area contributed by atoms with E-state index in [0.717, 1.165) is 51.2 Å². The van der Waals surface area contributed by atoms with E-state index < -0.39 is 5.41 Å². The monoisotopic (exact) mass is 570 g/mol. The summed E-state index contributed by atoms with van der Waals surface area (Å²) in [5.41, 5.74) is -0.388. The number of methoxy groups -OCH3 is 1. The number of carbonyl (C=O) groups excluding carboxylic acids is 4. The van der Waals surface area contributed by atoms with Crippen LogP contribution in [0.1, 0.15) is 112 Å². The van der Waals surface area contributed by atoms with E-state index in [-0.39, 0.29) is 53.0 Å². The number of aldehydes is 1. The number of esters is 1. The largest absolute Gasteiger partial charge is 0.468 e. The first kappa shape index (κ1) is 30.5. The van der Waals surface area contributed by atoms with Gasteiger partial charge in [-0.25, -0.2) is 0 Å². The Morgan fingerprint density at radius 1 is 0.902 bits per heavy atom. The molecule has 0 saturated heterocycles. The molecule has 10 unspecified atom stereocenters. The van der Waals surface area contributed by atoms with Crippen LogP contribution >= 0.6 is 0 Å². The van der Waals surface area contributed by atoms with Gasteiger partial charge in [-0.1, -0.05) is 41.0 Å². The average Bonchev–Trinajstić information content (AvgIpc) is 3.38. The molecule has 5 rings (SSSR count). The highest BCUT2D eigenvalue weighted by molar-refractivity contribution is 5.87. The van der Waals surface area contributed by atoms with Gasteiger partial charge in [-0.15, -0.1) is 0 Å². The molecule has 0 aromatic carbocycles. The first-order valence-corrected chi connectivity index (χ1v) is 16.4. The zero-order valence-corrected chi connectivity index (χ0v) is 26.4. The normalized spacial score (nSPS) is 43.4. The van der Waals surface area contributed by atoms with Crippen LogP contribution in [0.4, 0.5) is 0 Å². The summed E-state index contributed by atoms with van der Waals surface area (Å²) < 4.78 is 4.78. The quantitative estimate of drug-likeness (QED) is 0.313. The first-order valence-electron chi connectivity index (χ1n) is 16.4. The van der Waals surface area contributed by atoms with E-state index in [1.54, 1.807) is 0 Å². The van der Waals surface area contributed by atoms with Crippen LogP contribution in [0, 0.1) is 57.2 Å². The maximum Gasteiger partial charge on any atom is 0.325 e. The second kappa shape index (κ2) is 11.0. The summed E-state index contributed by atoms with van der Waals surface area (Å²) in [5, 5.41) is 6.28. The van der Waals surface area contributed by atoms with Gasteiger partial charge in [0.2, 0.25) is 11.8 Å². The molecule has 7 heteroatoms. The number of nitrogens with one attached hydrogen (secondary N) is 2. The summed E-state index contributed by atoms with van der Waals surface area (Å²) in [4.78, 5) is 49.5. The van der Waals surface area contributed by atoms with E-state index in [1.807, 2.05) is 13.8 Å². The first-order chi connectivity index (χ1) is 19.3. The van der Waals surface area contributed by atoms with Crippen molar-refractivity contribution in [2.24, 2.45) is 57.2 Å². The van der Waals surface area contributed by atoms with E-state index >= 15 is 0 Å². The smallest absolute Gasteiger partial charge is 0.325 e. The van der Waals surface area contributed by atoms with Crippen molar-refractivity contribution in [2.45, 2.75) is 118 Å². The van der Waals surface area contributed by atoms with Gasteiger partial charge < -0.3 is 20.2 Å².